The van der Waals surface area contributed by atoms with Crippen molar-refractivity contribution in [3.8, 4) is 5.75 Å². The molecule has 0 bridgehead atoms. The molecule has 9 nitrogen and oxygen atoms in total. The maximum Gasteiger partial charge on any atom is 0.259 e. The number of ether oxygens (including phenoxy) is 1. The minimum Gasteiger partial charge on any atom is -0.490 e. The highest BCUT2D eigenvalue weighted by atomic mass is 16.5. The summed E-state index contributed by atoms with van der Waals surface area (Å²) in [6.45, 7) is 4.64. The Morgan fingerprint density at radius 2 is 2.14 bits per heavy atom. The van der Waals surface area contributed by atoms with Gasteiger partial charge in [-0.2, -0.15) is 10.2 Å². The number of rotatable bonds is 5. The molecule has 1 amide bonds. The topological polar surface area (TPSA) is 98.4 Å². The van der Waals surface area contributed by atoms with Crippen LogP contribution in [0.1, 0.15) is 55.4 Å². The summed E-state index contributed by atoms with van der Waals surface area (Å²) in [5, 5.41) is 16.7. The first-order chi connectivity index (χ1) is 17.1. The van der Waals surface area contributed by atoms with Crippen LogP contribution in [-0.2, 0) is 0 Å². The fourth-order valence-corrected chi connectivity index (χ4v) is 5.87. The van der Waals surface area contributed by atoms with Crippen molar-refractivity contribution in [2.45, 2.75) is 51.2 Å². The van der Waals surface area contributed by atoms with E-state index >= 15 is 0 Å². The van der Waals surface area contributed by atoms with E-state index in [1.807, 2.05) is 18.2 Å². The molecule has 4 heterocycles. The number of hydrogen-bond donors (Lipinski definition) is 2. The van der Waals surface area contributed by atoms with Gasteiger partial charge in [-0.1, -0.05) is 6.92 Å². The molecule has 3 fully saturated rings. The van der Waals surface area contributed by atoms with Crippen LogP contribution in [0.4, 0.5) is 5.69 Å². The molecule has 180 valence electrons. The Hall–Kier alpha value is -3.46. The molecule has 1 saturated heterocycles. The Labute approximate surface area is 202 Å². The van der Waals surface area contributed by atoms with Crippen molar-refractivity contribution in [2.24, 2.45) is 11.3 Å². The summed E-state index contributed by atoms with van der Waals surface area (Å²) >= 11 is 0. The van der Waals surface area contributed by atoms with E-state index in [4.69, 9.17) is 9.84 Å². The van der Waals surface area contributed by atoms with Crippen molar-refractivity contribution in [3.05, 3.63) is 48.7 Å². The molecule has 0 radical (unpaired) electrons. The molecule has 2 N–H and O–H groups in total. The van der Waals surface area contributed by atoms with Crippen LogP contribution in [-0.4, -0.2) is 49.5 Å². The summed E-state index contributed by atoms with van der Waals surface area (Å²) in [5.41, 5.74) is 3.32. The number of benzene rings is 1. The number of carbonyl (C=O) groups is 1. The van der Waals surface area contributed by atoms with Crippen LogP contribution in [0.3, 0.4) is 0 Å². The van der Waals surface area contributed by atoms with Gasteiger partial charge in [-0.15, -0.1) is 0 Å². The van der Waals surface area contributed by atoms with E-state index in [1.54, 1.807) is 23.2 Å². The largest absolute Gasteiger partial charge is 0.490 e. The van der Waals surface area contributed by atoms with Gasteiger partial charge in [-0.25, -0.2) is 9.50 Å². The standard InChI is InChI=1S/C26H29N7O2/c1-16-10-26(13-28-14-26)6-4-22(16)32-12-17-8-19(24(9-20(17)31-32)35-18-2-3-18)25(34)30-21-11-29-33-15-27-7-5-23(21)33/h5,7-9,11-12,15-16,18,22,28H,2-4,6,10,13-14H2,1H3,(H,30,34)/t16-,22-/m1/s1. The zero-order valence-corrected chi connectivity index (χ0v) is 19.8. The van der Waals surface area contributed by atoms with Gasteiger partial charge in [0.15, 0.2) is 0 Å². The fraction of sp³-hybridized carbons (Fsp3) is 0.462. The number of amides is 1. The fourth-order valence-electron chi connectivity index (χ4n) is 5.87. The quantitative estimate of drug-likeness (QED) is 0.459. The first-order valence-corrected chi connectivity index (χ1v) is 12.6. The van der Waals surface area contributed by atoms with E-state index in [0.29, 0.717) is 34.4 Å². The predicted molar refractivity (Wildman–Crippen MR) is 132 cm³/mol. The van der Waals surface area contributed by atoms with Crippen LogP contribution in [0.25, 0.3) is 16.4 Å². The number of fused-ring (bicyclic) bond motifs is 2. The lowest BCUT2D eigenvalue weighted by Crippen LogP contribution is -2.56. The molecule has 2 saturated carbocycles. The smallest absolute Gasteiger partial charge is 0.259 e. The molecular weight excluding hydrogens is 442 g/mol. The van der Waals surface area contributed by atoms with Crippen molar-refractivity contribution in [2.75, 3.05) is 18.4 Å². The number of nitrogens with one attached hydrogen (secondary N) is 2. The molecule has 2 aliphatic carbocycles. The van der Waals surface area contributed by atoms with E-state index < -0.39 is 0 Å². The number of nitrogens with zero attached hydrogens (tertiary/aromatic N) is 5. The Bertz CT molecular complexity index is 1430. The van der Waals surface area contributed by atoms with Crippen molar-refractivity contribution in [3.63, 3.8) is 0 Å². The lowest BCUT2D eigenvalue weighted by Gasteiger charge is -2.50. The second kappa shape index (κ2) is 7.78. The van der Waals surface area contributed by atoms with Crippen molar-refractivity contribution in [1.29, 1.82) is 0 Å². The monoisotopic (exact) mass is 471 g/mol. The van der Waals surface area contributed by atoms with E-state index in [2.05, 4.69) is 38.5 Å². The molecule has 0 unspecified atom stereocenters. The van der Waals surface area contributed by atoms with Gasteiger partial charge in [0.1, 0.15) is 12.1 Å². The average molecular weight is 472 g/mol. The second-order valence-corrected chi connectivity index (χ2v) is 10.6. The van der Waals surface area contributed by atoms with Crippen LogP contribution in [0.2, 0.25) is 0 Å². The third-order valence-electron chi connectivity index (χ3n) is 7.98. The van der Waals surface area contributed by atoms with Crippen molar-refractivity contribution in [1.82, 2.24) is 29.7 Å². The Kier molecular flexibility index (Phi) is 4.64. The normalized spacial score (nSPS) is 23.5. The van der Waals surface area contributed by atoms with Gasteiger partial charge in [0, 0.05) is 36.9 Å². The Morgan fingerprint density at radius 3 is 2.91 bits per heavy atom. The lowest BCUT2D eigenvalue weighted by atomic mass is 9.65. The maximum absolute atomic E-state index is 13.4. The summed E-state index contributed by atoms with van der Waals surface area (Å²) in [6.07, 6.45) is 12.9. The van der Waals surface area contributed by atoms with Gasteiger partial charge in [-0.05, 0) is 55.6 Å². The molecule has 9 heteroatoms. The third kappa shape index (κ3) is 3.65. The highest BCUT2D eigenvalue weighted by molar-refractivity contribution is 6.09. The molecule has 35 heavy (non-hydrogen) atoms. The lowest BCUT2D eigenvalue weighted by molar-refractivity contribution is 0.0452. The minimum atomic E-state index is -0.215. The summed E-state index contributed by atoms with van der Waals surface area (Å²) in [7, 11) is 0. The Balaban J connectivity index is 1.21. The summed E-state index contributed by atoms with van der Waals surface area (Å²) in [5.74, 6) is 0.944. The van der Waals surface area contributed by atoms with E-state index in [0.717, 1.165) is 48.8 Å². The second-order valence-electron chi connectivity index (χ2n) is 10.6. The van der Waals surface area contributed by atoms with Crippen LogP contribution in [0.15, 0.2) is 43.1 Å². The van der Waals surface area contributed by atoms with Gasteiger partial charge < -0.3 is 15.4 Å². The minimum absolute atomic E-state index is 0.176. The highest BCUT2D eigenvalue weighted by Crippen LogP contribution is 2.46. The van der Waals surface area contributed by atoms with Crippen LogP contribution >= 0.6 is 0 Å². The zero-order chi connectivity index (χ0) is 23.6. The van der Waals surface area contributed by atoms with Crippen LogP contribution in [0.5, 0.6) is 5.75 Å². The molecule has 1 spiro atoms. The first-order valence-electron chi connectivity index (χ1n) is 12.6. The molecule has 3 aliphatic rings. The summed E-state index contributed by atoms with van der Waals surface area (Å²) in [4.78, 5) is 17.5. The molecule has 3 aromatic heterocycles. The van der Waals surface area contributed by atoms with Crippen molar-refractivity contribution >= 4 is 28.0 Å². The van der Waals surface area contributed by atoms with Gasteiger partial charge in [0.2, 0.25) is 0 Å². The van der Waals surface area contributed by atoms with E-state index in [-0.39, 0.29) is 12.0 Å². The Morgan fingerprint density at radius 1 is 1.26 bits per heavy atom. The SMILES string of the molecule is C[C@@H]1CC2(CC[C@H]1n1cc3cc(C(=O)Nc4cnn5cnccc45)c(OC4CC4)cc3n1)CNC2. The van der Waals surface area contributed by atoms with E-state index in [9.17, 15) is 4.79 Å². The first kappa shape index (κ1) is 20.9. The molecule has 4 aromatic rings. The number of hydrogen-bond acceptors (Lipinski definition) is 6. The molecule has 1 aromatic carbocycles. The van der Waals surface area contributed by atoms with Gasteiger partial charge in [-0.3, -0.25) is 9.48 Å². The highest BCUT2D eigenvalue weighted by Gasteiger charge is 2.43. The third-order valence-corrected chi connectivity index (χ3v) is 7.98. The predicted octanol–water partition coefficient (Wildman–Crippen LogP) is 3.82. The van der Waals surface area contributed by atoms with Gasteiger partial charge in [0.25, 0.3) is 5.91 Å². The van der Waals surface area contributed by atoms with Crippen LogP contribution < -0.4 is 15.4 Å². The van der Waals surface area contributed by atoms with Gasteiger partial charge in [0.05, 0.1) is 40.6 Å². The number of anilines is 1. The van der Waals surface area contributed by atoms with E-state index in [1.165, 1.54) is 12.8 Å². The zero-order valence-electron chi connectivity index (χ0n) is 19.8. The molecule has 7 rings (SSSR count). The average Bonchev–Trinajstić information content (AvgIpc) is 3.41. The van der Waals surface area contributed by atoms with Crippen LogP contribution in [0, 0.1) is 11.3 Å². The molecule has 1 aliphatic heterocycles. The number of aromatic nitrogens is 5. The van der Waals surface area contributed by atoms with Crippen molar-refractivity contribution < 1.29 is 9.53 Å². The van der Waals surface area contributed by atoms with Gasteiger partial charge >= 0.3 is 0 Å². The number of carbonyl (C=O) groups excluding carboxylic acids is 1. The summed E-state index contributed by atoms with van der Waals surface area (Å²) < 4.78 is 9.94. The molecule has 2 atom stereocenters. The maximum atomic E-state index is 13.4. The molecular formula is C26H29N7O2. The summed E-state index contributed by atoms with van der Waals surface area (Å²) in [6, 6.07) is 6.06.